The predicted molar refractivity (Wildman–Crippen MR) is 187 cm³/mol. The van der Waals surface area contributed by atoms with Gasteiger partial charge in [-0.2, -0.15) is 0 Å². The first-order valence-corrected chi connectivity index (χ1v) is 16.4. The van der Waals surface area contributed by atoms with Crippen molar-refractivity contribution in [2.24, 2.45) is 0 Å². The number of aromatic nitrogens is 3. The van der Waals surface area contributed by atoms with Gasteiger partial charge in [-0.3, -0.25) is 4.79 Å². The molecule has 0 unspecified atom stereocenters. The Hall–Kier alpha value is -3.66. The number of fused-ring (bicyclic) bond motifs is 1. The zero-order valence-corrected chi connectivity index (χ0v) is 28.0. The number of likely N-dealkylation sites (N-methyl/N-ethyl adjacent to an activating group) is 1. The van der Waals surface area contributed by atoms with Crippen molar-refractivity contribution in [2.75, 3.05) is 47.3 Å². The molecule has 0 radical (unpaired) electrons. The van der Waals surface area contributed by atoms with Gasteiger partial charge in [-0.15, -0.1) is 0 Å². The van der Waals surface area contributed by atoms with E-state index >= 15 is 0 Å². The lowest BCUT2D eigenvalue weighted by molar-refractivity contribution is 0.0776. The molecule has 3 aromatic carbocycles. The average molecular weight is 660 g/mol. The molecule has 0 saturated carbocycles. The first-order chi connectivity index (χ1) is 22.2. The Morgan fingerprint density at radius 3 is 2.52 bits per heavy atom. The smallest absolute Gasteiger partial charge is 0.271 e. The second-order valence-electron chi connectivity index (χ2n) is 12.4. The molecular weight excluding hydrogens is 619 g/mol. The number of nitrogens with one attached hydrogen (secondary N) is 1. The summed E-state index contributed by atoms with van der Waals surface area (Å²) in [6.07, 6.45) is 3.82. The number of likely N-dealkylation sites (tertiary alicyclic amines) is 1. The maximum atomic E-state index is 14.5. The van der Waals surface area contributed by atoms with E-state index in [9.17, 15) is 9.90 Å². The molecule has 5 aromatic rings. The van der Waals surface area contributed by atoms with E-state index in [1.807, 2.05) is 71.9 Å². The van der Waals surface area contributed by atoms with Gasteiger partial charge >= 0.3 is 0 Å². The Kier molecular flexibility index (Phi) is 9.82. The van der Waals surface area contributed by atoms with Gasteiger partial charge < -0.3 is 29.4 Å². The molecule has 46 heavy (non-hydrogen) atoms. The third-order valence-corrected chi connectivity index (χ3v) is 9.44. The molecule has 1 amide bonds. The highest BCUT2D eigenvalue weighted by Gasteiger charge is 2.33. The van der Waals surface area contributed by atoms with E-state index in [-0.39, 0.29) is 12.5 Å². The number of aliphatic hydroxyl groups excluding tert-OH is 1. The first-order valence-electron chi connectivity index (χ1n) is 15.7. The summed E-state index contributed by atoms with van der Waals surface area (Å²) in [5.41, 5.74) is 6.28. The Bertz CT molecular complexity index is 1830. The fourth-order valence-corrected chi connectivity index (χ4v) is 6.86. The minimum Gasteiger partial charge on any atom is -0.392 e. The maximum absolute atomic E-state index is 14.5. The van der Waals surface area contributed by atoms with Crippen molar-refractivity contribution in [2.45, 2.75) is 32.0 Å². The number of amides is 1. The second kappa shape index (κ2) is 14.0. The van der Waals surface area contributed by atoms with Crippen LogP contribution in [0, 0.1) is 0 Å². The number of halogens is 2. The van der Waals surface area contributed by atoms with E-state index in [0.717, 1.165) is 70.5 Å². The molecule has 1 fully saturated rings. The Morgan fingerprint density at radius 2 is 1.76 bits per heavy atom. The molecular formula is C36H40Cl2N6O2. The number of benzene rings is 3. The van der Waals surface area contributed by atoms with Crippen molar-refractivity contribution in [3.05, 3.63) is 99.9 Å². The molecule has 0 spiro atoms. The van der Waals surface area contributed by atoms with E-state index in [1.165, 1.54) is 0 Å². The molecule has 6 rings (SSSR count). The van der Waals surface area contributed by atoms with Gasteiger partial charge in [-0.05, 0) is 82.5 Å². The third-order valence-electron chi connectivity index (χ3n) is 8.97. The summed E-state index contributed by atoms with van der Waals surface area (Å²) < 4.78 is 2.06. The quantitative estimate of drug-likeness (QED) is 0.166. The summed E-state index contributed by atoms with van der Waals surface area (Å²) in [5.74, 6) is -0.0409. The largest absolute Gasteiger partial charge is 0.392 e. The normalized spacial score (nSPS) is 15.1. The van der Waals surface area contributed by atoms with Crippen LogP contribution in [0.3, 0.4) is 0 Å². The number of H-pyrrole nitrogens is 1. The van der Waals surface area contributed by atoms with E-state index in [2.05, 4.69) is 40.5 Å². The van der Waals surface area contributed by atoms with Gasteiger partial charge in [0.05, 0.1) is 24.3 Å². The van der Waals surface area contributed by atoms with Crippen LogP contribution in [-0.4, -0.2) is 93.6 Å². The number of aliphatic hydroxyl groups is 1. The Balaban J connectivity index is 1.44. The summed E-state index contributed by atoms with van der Waals surface area (Å²) in [6.45, 7) is 3.67. The minimum atomic E-state index is -0.138. The highest BCUT2D eigenvalue weighted by atomic mass is 35.5. The fourth-order valence-electron chi connectivity index (χ4n) is 6.49. The number of hydrogen-bond acceptors (Lipinski definition) is 5. The molecule has 0 bridgehead atoms. The van der Waals surface area contributed by atoms with E-state index in [1.54, 1.807) is 6.07 Å². The van der Waals surface area contributed by atoms with Crippen LogP contribution in [0.15, 0.2) is 73.1 Å². The zero-order valence-electron chi connectivity index (χ0n) is 26.5. The number of imidazole rings is 1. The standard InChI is InChI=1S/C36H40Cl2N6O2/c1-41(2)15-7-16-42(3)29-14-17-43(21-29)36(46)34-32(30-13-12-28(38)19-31(30)40-34)35-33(24-8-5-4-6-9-24)39-23-44(35)20-25-10-11-27(37)18-26(25)22-45/h4-6,8-13,18-19,23,29,40,45H,7,14-17,20-22H2,1-3H3/t29-/m0/s1. The van der Waals surface area contributed by atoms with E-state index in [4.69, 9.17) is 28.2 Å². The van der Waals surface area contributed by atoms with Crippen molar-refractivity contribution in [3.63, 3.8) is 0 Å². The zero-order chi connectivity index (χ0) is 32.4. The number of nitrogens with zero attached hydrogens (tertiary/aromatic N) is 5. The highest BCUT2D eigenvalue weighted by Crippen LogP contribution is 2.40. The number of carbonyl (C=O) groups is 1. The Labute approximate surface area is 280 Å². The van der Waals surface area contributed by atoms with Gasteiger partial charge in [0, 0.05) is 57.8 Å². The van der Waals surface area contributed by atoms with Crippen LogP contribution in [0.25, 0.3) is 33.4 Å². The SMILES string of the molecule is CN(C)CCCN(C)[C@H]1CCN(C(=O)c2[nH]c3cc(Cl)ccc3c2-c2c(-c3ccccc3)ncn2Cc2ccc(Cl)cc2CO)C1. The minimum absolute atomic E-state index is 0.0409. The van der Waals surface area contributed by atoms with Gasteiger partial charge in [0.1, 0.15) is 5.69 Å². The molecule has 2 N–H and O–H groups in total. The Morgan fingerprint density at radius 1 is 1.00 bits per heavy atom. The van der Waals surface area contributed by atoms with Gasteiger partial charge in [0.25, 0.3) is 5.91 Å². The predicted octanol–water partition coefficient (Wildman–Crippen LogP) is 6.64. The van der Waals surface area contributed by atoms with Crippen molar-refractivity contribution >= 4 is 40.0 Å². The van der Waals surface area contributed by atoms with Gasteiger partial charge in [-0.25, -0.2) is 4.98 Å². The van der Waals surface area contributed by atoms with Crippen LogP contribution < -0.4 is 0 Å². The van der Waals surface area contributed by atoms with Gasteiger partial charge in [-0.1, -0.05) is 65.7 Å². The molecule has 3 heterocycles. The van der Waals surface area contributed by atoms with Crippen LogP contribution in [0.2, 0.25) is 10.0 Å². The maximum Gasteiger partial charge on any atom is 0.271 e. The van der Waals surface area contributed by atoms with Gasteiger partial charge in [0.2, 0.25) is 0 Å². The monoisotopic (exact) mass is 658 g/mol. The lowest BCUT2D eigenvalue weighted by Gasteiger charge is -2.25. The average Bonchev–Trinajstić information content (AvgIpc) is 3.79. The van der Waals surface area contributed by atoms with Crippen molar-refractivity contribution in [1.29, 1.82) is 0 Å². The second-order valence-corrected chi connectivity index (χ2v) is 13.3. The van der Waals surface area contributed by atoms with E-state index < -0.39 is 0 Å². The highest BCUT2D eigenvalue weighted by molar-refractivity contribution is 6.31. The van der Waals surface area contributed by atoms with Crippen molar-refractivity contribution in [1.82, 2.24) is 29.2 Å². The third kappa shape index (κ3) is 6.73. The summed E-state index contributed by atoms with van der Waals surface area (Å²) in [4.78, 5) is 29.4. The molecule has 0 aliphatic carbocycles. The molecule has 10 heteroatoms. The van der Waals surface area contributed by atoms with Crippen molar-refractivity contribution in [3.8, 4) is 22.5 Å². The molecule has 1 aliphatic rings. The lowest BCUT2D eigenvalue weighted by atomic mass is 10.0. The van der Waals surface area contributed by atoms with Crippen LogP contribution in [0.5, 0.6) is 0 Å². The molecule has 1 aliphatic heterocycles. The fraction of sp³-hybridized carbons (Fsp3) is 0.333. The molecule has 2 aromatic heterocycles. The summed E-state index contributed by atoms with van der Waals surface area (Å²) >= 11 is 12.7. The summed E-state index contributed by atoms with van der Waals surface area (Å²) in [5, 5.41) is 12.2. The lowest BCUT2D eigenvalue weighted by Crippen LogP contribution is -2.37. The van der Waals surface area contributed by atoms with Crippen LogP contribution >= 0.6 is 23.2 Å². The number of hydrogen-bond donors (Lipinski definition) is 2. The van der Waals surface area contributed by atoms with Crippen LogP contribution in [0.1, 0.15) is 34.5 Å². The number of aromatic amines is 1. The first kappa shape index (κ1) is 32.3. The van der Waals surface area contributed by atoms with Crippen LogP contribution in [0.4, 0.5) is 0 Å². The summed E-state index contributed by atoms with van der Waals surface area (Å²) in [6, 6.07) is 21.6. The molecule has 1 atom stereocenters. The van der Waals surface area contributed by atoms with Crippen LogP contribution in [-0.2, 0) is 13.2 Å². The van der Waals surface area contributed by atoms with E-state index in [0.29, 0.717) is 41.4 Å². The van der Waals surface area contributed by atoms with Crippen molar-refractivity contribution < 1.29 is 9.90 Å². The number of rotatable bonds is 11. The molecule has 8 nitrogen and oxygen atoms in total. The summed E-state index contributed by atoms with van der Waals surface area (Å²) in [7, 11) is 6.35. The van der Waals surface area contributed by atoms with Gasteiger partial charge in [0.15, 0.2) is 0 Å². The number of carbonyl (C=O) groups excluding carboxylic acids is 1. The molecule has 240 valence electrons. The topological polar surface area (TPSA) is 80.6 Å². The molecule has 1 saturated heterocycles.